The molecular weight excluding hydrogens is 250 g/mol. The van der Waals surface area contributed by atoms with Crippen LogP contribution in [-0.2, 0) is 9.53 Å². The average Bonchev–Trinajstić information content (AvgIpc) is 2.87. The van der Waals surface area contributed by atoms with Crippen molar-refractivity contribution >= 4 is 12.0 Å². The Morgan fingerprint density at radius 2 is 2.26 bits per heavy atom. The van der Waals surface area contributed by atoms with Gasteiger partial charge in [0.15, 0.2) is 0 Å². The van der Waals surface area contributed by atoms with Gasteiger partial charge in [0.1, 0.15) is 6.04 Å². The zero-order valence-electron chi connectivity index (χ0n) is 11.0. The molecule has 0 aromatic carbocycles. The molecule has 0 spiro atoms. The minimum Gasteiger partial charge on any atom is -0.480 e. The van der Waals surface area contributed by atoms with Crippen LogP contribution in [0.5, 0.6) is 0 Å². The molecule has 0 unspecified atom stereocenters. The number of hydrogen-bond acceptors (Lipinski definition) is 4. The summed E-state index contributed by atoms with van der Waals surface area (Å²) in [7, 11) is 1.53. The molecule has 0 radical (unpaired) electrons. The summed E-state index contributed by atoms with van der Waals surface area (Å²) in [5.41, 5.74) is 0. The van der Waals surface area contributed by atoms with Crippen LogP contribution in [0.4, 0.5) is 4.79 Å². The fourth-order valence-corrected chi connectivity index (χ4v) is 2.12. The number of nitrogens with zero attached hydrogens (tertiary/aromatic N) is 3. The largest absolute Gasteiger partial charge is 0.480 e. The van der Waals surface area contributed by atoms with E-state index in [1.807, 2.05) is 6.07 Å². The van der Waals surface area contributed by atoms with Crippen molar-refractivity contribution in [2.75, 3.05) is 33.4 Å². The molecule has 2 amide bonds. The summed E-state index contributed by atoms with van der Waals surface area (Å²) in [6.45, 7) is 1.47. The van der Waals surface area contributed by atoms with E-state index >= 15 is 0 Å². The summed E-state index contributed by atoms with van der Waals surface area (Å²) in [5, 5.41) is 17.7. The summed E-state index contributed by atoms with van der Waals surface area (Å²) >= 11 is 0. The lowest BCUT2D eigenvalue weighted by Crippen LogP contribution is -2.49. The highest BCUT2D eigenvalue weighted by Crippen LogP contribution is 2.19. The molecule has 0 bridgehead atoms. The average molecular weight is 269 g/mol. The molecule has 0 aromatic heterocycles. The molecule has 106 valence electrons. The molecule has 1 saturated heterocycles. The Labute approximate surface area is 112 Å². The summed E-state index contributed by atoms with van der Waals surface area (Å²) in [6.07, 6.45) is 1.40. The van der Waals surface area contributed by atoms with Gasteiger partial charge in [0, 0.05) is 26.7 Å². The van der Waals surface area contributed by atoms with Crippen molar-refractivity contribution in [1.29, 1.82) is 5.26 Å². The predicted octanol–water partition coefficient (Wildman–Crippen LogP) is 0.517. The lowest BCUT2D eigenvalue weighted by molar-refractivity contribution is -0.141. The first-order chi connectivity index (χ1) is 9.11. The monoisotopic (exact) mass is 269 g/mol. The second kappa shape index (κ2) is 7.59. The molecule has 19 heavy (non-hydrogen) atoms. The third-order valence-corrected chi connectivity index (χ3v) is 3.11. The van der Waals surface area contributed by atoms with Gasteiger partial charge in [-0.25, -0.2) is 9.59 Å². The number of carboxylic acid groups (broad SMARTS) is 1. The molecule has 1 N–H and O–H groups in total. The number of urea groups is 1. The van der Waals surface area contributed by atoms with Gasteiger partial charge in [0.2, 0.25) is 0 Å². The van der Waals surface area contributed by atoms with Crippen LogP contribution in [0.2, 0.25) is 0 Å². The predicted molar refractivity (Wildman–Crippen MR) is 66.4 cm³/mol. The number of methoxy groups -OCH3 is 1. The van der Waals surface area contributed by atoms with Crippen molar-refractivity contribution in [1.82, 2.24) is 9.80 Å². The third kappa shape index (κ3) is 4.10. The Hall–Kier alpha value is -1.81. The molecule has 1 fully saturated rings. The normalized spacial score (nSPS) is 18.1. The Kier molecular flexibility index (Phi) is 6.09. The van der Waals surface area contributed by atoms with Crippen molar-refractivity contribution in [3.05, 3.63) is 0 Å². The van der Waals surface area contributed by atoms with E-state index in [4.69, 9.17) is 15.1 Å². The number of likely N-dealkylation sites (tertiary alicyclic amines) is 1. The van der Waals surface area contributed by atoms with Gasteiger partial charge in [0.25, 0.3) is 0 Å². The number of ether oxygens (including phenoxy) is 1. The highest BCUT2D eigenvalue weighted by Gasteiger charge is 2.35. The van der Waals surface area contributed by atoms with Gasteiger partial charge in [-0.1, -0.05) is 0 Å². The highest BCUT2D eigenvalue weighted by atomic mass is 16.5. The van der Waals surface area contributed by atoms with Crippen LogP contribution in [0, 0.1) is 11.3 Å². The molecular formula is C12H19N3O4. The Bertz CT molecular complexity index is 366. The Morgan fingerprint density at radius 1 is 1.53 bits per heavy atom. The fraction of sp³-hybridized carbons (Fsp3) is 0.750. The lowest BCUT2D eigenvalue weighted by atomic mass is 10.2. The van der Waals surface area contributed by atoms with Gasteiger partial charge in [-0.05, 0) is 12.8 Å². The van der Waals surface area contributed by atoms with E-state index in [1.54, 1.807) is 0 Å². The van der Waals surface area contributed by atoms with Crippen LogP contribution in [0.1, 0.15) is 19.3 Å². The maximum atomic E-state index is 12.3. The smallest absolute Gasteiger partial charge is 0.326 e. The van der Waals surface area contributed by atoms with Crippen LogP contribution < -0.4 is 0 Å². The zero-order chi connectivity index (χ0) is 14.3. The van der Waals surface area contributed by atoms with E-state index in [1.165, 1.54) is 16.9 Å². The second-order valence-electron chi connectivity index (χ2n) is 4.36. The summed E-state index contributed by atoms with van der Waals surface area (Å²) in [6, 6.07) is 0.912. The number of carbonyl (C=O) groups excluding carboxylic acids is 1. The summed E-state index contributed by atoms with van der Waals surface area (Å²) in [4.78, 5) is 26.2. The minimum atomic E-state index is -0.974. The molecule has 0 aliphatic carbocycles. The van der Waals surface area contributed by atoms with Gasteiger partial charge in [0.05, 0.1) is 19.1 Å². The molecule has 1 rings (SSSR count). The van der Waals surface area contributed by atoms with Crippen LogP contribution in [0.3, 0.4) is 0 Å². The van der Waals surface area contributed by atoms with Crippen molar-refractivity contribution in [2.24, 2.45) is 0 Å². The van der Waals surface area contributed by atoms with Crippen molar-refractivity contribution in [3.8, 4) is 6.07 Å². The standard InChI is InChI=1S/C12H19N3O4/c1-19-9-8-14(6-3-5-13)12(18)15-7-2-4-10(15)11(16)17/h10H,2-4,6-9H2,1H3,(H,16,17)/t10-/m0/s1. The van der Waals surface area contributed by atoms with E-state index in [0.717, 1.165) is 0 Å². The number of carbonyl (C=O) groups is 2. The van der Waals surface area contributed by atoms with Crippen LogP contribution in [-0.4, -0.2) is 66.3 Å². The van der Waals surface area contributed by atoms with E-state index in [2.05, 4.69) is 0 Å². The van der Waals surface area contributed by atoms with Crippen molar-refractivity contribution in [2.45, 2.75) is 25.3 Å². The number of hydrogen-bond donors (Lipinski definition) is 1. The molecule has 1 heterocycles. The number of aliphatic carboxylic acids is 1. The fourth-order valence-electron chi connectivity index (χ4n) is 2.12. The summed E-state index contributed by atoms with van der Waals surface area (Å²) in [5.74, 6) is -0.974. The van der Waals surface area contributed by atoms with Crippen LogP contribution in [0.15, 0.2) is 0 Å². The number of carboxylic acids is 1. The maximum absolute atomic E-state index is 12.3. The molecule has 0 saturated carbocycles. The number of rotatable bonds is 6. The van der Waals surface area contributed by atoms with Crippen molar-refractivity contribution < 1.29 is 19.4 Å². The van der Waals surface area contributed by atoms with Crippen LogP contribution in [0.25, 0.3) is 0 Å². The van der Waals surface area contributed by atoms with E-state index in [-0.39, 0.29) is 12.5 Å². The second-order valence-corrected chi connectivity index (χ2v) is 4.36. The van der Waals surface area contributed by atoms with E-state index in [9.17, 15) is 9.59 Å². The molecule has 1 aliphatic heterocycles. The SMILES string of the molecule is COCCN(CCC#N)C(=O)N1CCC[C@H]1C(=O)O. The van der Waals surface area contributed by atoms with Gasteiger partial charge >= 0.3 is 12.0 Å². The summed E-state index contributed by atoms with van der Waals surface area (Å²) < 4.78 is 4.93. The van der Waals surface area contributed by atoms with Crippen molar-refractivity contribution in [3.63, 3.8) is 0 Å². The molecule has 7 heteroatoms. The first kappa shape index (κ1) is 15.2. The van der Waals surface area contributed by atoms with Gasteiger partial charge in [-0.2, -0.15) is 5.26 Å². The number of nitriles is 1. The maximum Gasteiger partial charge on any atom is 0.326 e. The van der Waals surface area contributed by atoms with E-state index in [0.29, 0.717) is 39.1 Å². The molecule has 0 aromatic rings. The Balaban J connectivity index is 2.68. The molecule has 7 nitrogen and oxygen atoms in total. The topological polar surface area (TPSA) is 93.9 Å². The number of amides is 2. The minimum absolute atomic E-state index is 0.223. The van der Waals surface area contributed by atoms with Gasteiger partial charge in [-0.15, -0.1) is 0 Å². The highest BCUT2D eigenvalue weighted by molar-refractivity contribution is 5.83. The quantitative estimate of drug-likeness (QED) is 0.758. The zero-order valence-corrected chi connectivity index (χ0v) is 11.0. The van der Waals surface area contributed by atoms with E-state index < -0.39 is 12.0 Å². The first-order valence-electron chi connectivity index (χ1n) is 6.26. The first-order valence-corrected chi connectivity index (χ1v) is 6.26. The lowest BCUT2D eigenvalue weighted by Gasteiger charge is -2.29. The van der Waals surface area contributed by atoms with Gasteiger partial charge in [-0.3, -0.25) is 0 Å². The third-order valence-electron chi connectivity index (χ3n) is 3.11. The Morgan fingerprint density at radius 3 is 2.84 bits per heavy atom. The molecule has 1 aliphatic rings. The molecule has 1 atom stereocenters. The van der Waals surface area contributed by atoms with Gasteiger partial charge < -0.3 is 19.6 Å². The van der Waals surface area contributed by atoms with Crippen LogP contribution >= 0.6 is 0 Å².